The smallest absolute Gasteiger partial charge is 0.151 e. The van der Waals surface area contributed by atoms with E-state index in [9.17, 15) is 0 Å². The Balaban J connectivity index is 1.79. The molecule has 1 atom stereocenters. The van der Waals surface area contributed by atoms with E-state index >= 15 is 0 Å². The molecule has 19 heavy (non-hydrogen) atoms. The summed E-state index contributed by atoms with van der Waals surface area (Å²) in [6, 6.07) is 8.43. The van der Waals surface area contributed by atoms with E-state index in [1.54, 1.807) is 12.4 Å². The maximum Gasteiger partial charge on any atom is 0.151 e. The third kappa shape index (κ3) is 2.71. The Morgan fingerprint density at radius 1 is 1.26 bits per heavy atom. The van der Waals surface area contributed by atoms with Crippen molar-refractivity contribution in [1.82, 2.24) is 20.5 Å². The van der Waals surface area contributed by atoms with Gasteiger partial charge in [0.15, 0.2) is 5.82 Å². The lowest BCUT2D eigenvalue weighted by atomic mass is 10.2. The summed E-state index contributed by atoms with van der Waals surface area (Å²) in [6.07, 6.45) is 3.56. The van der Waals surface area contributed by atoms with Gasteiger partial charge in [0.25, 0.3) is 0 Å². The monoisotopic (exact) mass is 255 g/mol. The Bertz CT molecular complexity index is 525. The fourth-order valence-corrected chi connectivity index (χ4v) is 2.30. The molecule has 0 saturated carbocycles. The first-order valence-corrected chi connectivity index (χ1v) is 6.55. The molecule has 2 aromatic heterocycles. The van der Waals surface area contributed by atoms with E-state index in [0.29, 0.717) is 6.04 Å². The van der Waals surface area contributed by atoms with Crippen LogP contribution in [-0.4, -0.2) is 40.9 Å². The summed E-state index contributed by atoms with van der Waals surface area (Å²) in [4.78, 5) is 6.36. The van der Waals surface area contributed by atoms with Crippen LogP contribution in [0.5, 0.6) is 0 Å². The molecule has 0 bridgehead atoms. The third-order valence-corrected chi connectivity index (χ3v) is 3.30. The number of rotatable bonds is 2. The molecule has 1 aliphatic heterocycles. The molecule has 2 aromatic rings. The Labute approximate surface area is 112 Å². The summed E-state index contributed by atoms with van der Waals surface area (Å²) in [5, 5.41) is 12.1. The molecule has 98 valence electrons. The Kier molecular flexibility index (Phi) is 3.37. The lowest BCUT2D eigenvalue weighted by molar-refractivity contribution is 0.481. The molecule has 1 aliphatic rings. The second kappa shape index (κ2) is 5.32. The van der Waals surface area contributed by atoms with Crippen LogP contribution in [0.2, 0.25) is 0 Å². The molecule has 0 aromatic carbocycles. The molecular formula is C14H17N5. The molecule has 1 unspecified atom stereocenters. The highest BCUT2D eigenvalue weighted by Gasteiger charge is 2.17. The van der Waals surface area contributed by atoms with Crippen LogP contribution in [0.4, 0.5) is 5.82 Å². The van der Waals surface area contributed by atoms with E-state index in [1.807, 2.05) is 24.3 Å². The van der Waals surface area contributed by atoms with Crippen molar-refractivity contribution in [3.8, 4) is 11.3 Å². The quantitative estimate of drug-likeness (QED) is 0.877. The van der Waals surface area contributed by atoms with Crippen LogP contribution in [-0.2, 0) is 0 Å². The van der Waals surface area contributed by atoms with Gasteiger partial charge in [-0.15, -0.1) is 10.2 Å². The second-order valence-electron chi connectivity index (χ2n) is 4.82. The second-order valence-corrected chi connectivity index (χ2v) is 4.82. The van der Waals surface area contributed by atoms with Gasteiger partial charge in [0, 0.05) is 43.6 Å². The van der Waals surface area contributed by atoms with Crippen molar-refractivity contribution >= 4 is 5.82 Å². The van der Waals surface area contributed by atoms with E-state index < -0.39 is 0 Å². The Hall–Kier alpha value is -2.01. The summed E-state index contributed by atoms with van der Waals surface area (Å²) in [7, 11) is 0. The van der Waals surface area contributed by atoms with Crippen molar-refractivity contribution in [2.45, 2.75) is 13.0 Å². The first-order valence-electron chi connectivity index (χ1n) is 6.55. The summed E-state index contributed by atoms with van der Waals surface area (Å²) in [5.74, 6) is 0.945. The SMILES string of the molecule is CC1CN(c2ccc(-c3cccnc3)nn2)CCN1. The summed E-state index contributed by atoms with van der Waals surface area (Å²) < 4.78 is 0. The molecule has 0 amide bonds. The number of piperazine rings is 1. The zero-order chi connectivity index (χ0) is 13.1. The highest BCUT2D eigenvalue weighted by Crippen LogP contribution is 2.18. The van der Waals surface area contributed by atoms with Crippen LogP contribution in [0.25, 0.3) is 11.3 Å². The van der Waals surface area contributed by atoms with Gasteiger partial charge in [0.05, 0.1) is 5.69 Å². The standard InChI is InChI=1S/C14H17N5/c1-11-10-19(8-7-16-11)14-5-4-13(17-18-14)12-3-2-6-15-9-12/h2-6,9,11,16H,7-8,10H2,1H3. The summed E-state index contributed by atoms with van der Waals surface area (Å²) >= 11 is 0. The topological polar surface area (TPSA) is 53.9 Å². The van der Waals surface area contributed by atoms with Crippen LogP contribution in [0.3, 0.4) is 0 Å². The Morgan fingerprint density at radius 3 is 2.89 bits per heavy atom. The molecule has 0 aliphatic carbocycles. The van der Waals surface area contributed by atoms with Crippen molar-refractivity contribution in [3.63, 3.8) is 0 Å². The molecule has 0 radical (unpaired) electrons. The van der Waals surface area contributed by atoms with Gasteiger partial charge in [-0.2, -0.15) is 0 Å². The van der Waals surface area contributed by atoms with Crippen molar-refractivity contribution < 1.29 is 0 Å². The molecule has 3 rings (SSSR count). The minimum Gasteiger partial charge on any atom is -0.352 e. The van der Waals surface area contributed by atoms with Gasteiger partial charge in [0.2, 0.25) is 0 Å². The number of hydrogen-bond acceptors (Lipinski definition) is 5. The van der Waals surface area contributed by atoms with Crippen LogP contribution in [0, 0.1) is 0 Å². The number of nitrogens with one attached hydrogen (secondary N) is 1. The van der Waals surface area contributed by atoms with Gasteiger partial charge >= 0.3 is 0 Å². The van der Waals surface area contributed by atoms with Crippen molar-refractivity contribution in [1.29, 1.82) is 0 Å². The van der Waals surface area contributed by atoms with Gasteiger partial charge in [-0.25, -0.2) is 0 Å². The van der Waals surface area contributed by atoms with Crippen molar-refractivity contribution in [3.05, 3.63) is 36.7 Å². The fourth-order valence-electron chi connectivity index (χ4n) is 2.30. The van der Waals surface area contributed by atoms with E-state index in [0.717, 1.165) is 36.7 Å². The number of anilines is 1. The van der Waals surface area contributed by atoms with Crippen LogP contribution < -0.4 is 10.2 Å². The van der Waals surface area contributed by atoms with E-state index in [-0.39, 0.29) is 0 Å². The number of hydrogen-bond donors (Lipinski definition) is 1. The fraction of sp³-hybridized carbons (Fsp3) is 0.357. The normalized spacial score (nSPS) is 19.4. The molecule has 1 saturated heterocycles. The lowest BCUT2D eigenvalue weighted by Crippen LogP contribution is -2.49. The summed E-state index contributed by atoms with van der Waals surface area (Å²) in [6.45, 7) is 5.13. The van der Waals surface area contributed by atoms with Gasteiger partial charge in [0.1, 0.15) is 0 Å². The van der Waals surface area contributed by atoms with Crippen LogP contribution in [0.15, 0.2) is 36.7 Å². The minimum absolute atomic E-state index is 0.494. The van der Waals surface area contributed by atoms with Gasteiger partial charge in [-0.05, 0) is 31.2 Å². The Morgan fingerprint density at radius 2 is 2.21 bits per heavy atom. The molecule has 1 N–H and O–H groups in total. The van der Waals surface area contributed by atoms with Crippen molar-refractivity contribution in [2.75, 3.05) is 24.5 Å². The van der Waals surface area contributed by atoms with Crippen LogP contribution >= 0.6 is 0 Å². The largest absolute Gasteiger partial charge is 0.352 e. The molecule has 0 spiro atoms. The predicted molar refractivity (Wildman–Crippen MR) is 74.9 cm³/mol. The highest BCUT2D eigenvalue weighted by molar-refractivity contribution is 5.58. The molecule has 5 nitrogen and oxygen atoms in total. The maximum atomic E-state index is 4.33. The number of pyridine rings is 1. The highest BCUT2D eigenvalue weighted by atomic mass is 15.3. The number of nitrogens with zero attached hydrogens (tertiary/aromatic N) is 4. The van der Waals surface area contributed by atoms with Gasteiger partial charge in [-0.3, -0.25) is 4.98 Å². The van der Waals surface area contributed by atoms with E-state index in [2.05, 4.69) is 32.3 Å². The van der Waals surface area contributed by atoms with Crippen molar-refractivity contribution in [2.24, 2.45) is 0 Å². The summed E-state index contributed by atoms with van der Waals surface area (Å²) in [5.41, 5.74) is 1.86. The van der Waals surface area contributed by atoms with Gasteiger partial charge in [-0.1, -0.05) is 0 Å². The minimum atomic E-state index is 0.494. The van der Waals surface area contributed by atoms with Crippen LogP contribution in [0.1, 0.15) is 6.92 Å². The average molecular weight is 255 g/mol. The van der Waals surface area contributed by atoms with Gasteiger partial charge < -0.3 is 10.2 Å². The lowest BCUT2D eigenvalue weighted by Gasteiger charge is -2.32. The molecule has 5 heteroatoms. The third-order valence-electron chi connectivity index (χ3n) is 3.30. The number of aromatic nitrogens is 3. The first-order chi connectivity index (χ1) is 9.33. The molecule has 3 heterocycles. The zero-order valence-electron chi connectivity index (χ0n) is 11.0. The first kappa shape index (κ1) is 12.0. The zero-order valence-corrected chi connectivity index (χ0v) is 11.0. The predicted octanol–water partition coefficient (Wildman–Crippen LogP) is 1.34. The van der Waals surface area contributed by atoms with E-state index in [4.69, 9.17) is 0 Å². The molecular weight excluding hydrogens is 238 g/mol. The molecule has 1 fully saturated rings. The average Bonchev–Trinajstić information content (AvgIpc) is 2.48. The van der Waals surface area contributed by atoms with E-state index in [1.165, 1.54) is 0 Å². The maximum absolute atomic E-state index is 4.33.